The van der Waals surface area contributed by atoms with E-state index in [-0.39, 0.29) is 12.0 Å². The SMILES string of the molecule is CCOC(=O)C1CCCN1c1ncns1. The molecule has 0 bridgehead atoms. The van der Waals surface area contributed by atoms with E-state index in [0.29, 0.717) is 6.61 Å². The number of hydrogen-bond donors (Lipinski definition) is 0. The molecule has 1 fully saturated rings. The molecule has 15 heavy (non-hydrogen) atoms. The molecule has 0 amide bonds. The minimum Gasteiger partial charge on any atom is -0.464 e. The van der Waals surface area contributed by atoms with Crippen molar-refractivity contribution >= 4 is 22.6 Å². The van der Waals surface area contributed by atoms with Crippen LogP contribution < -0.4 is 4.90 Å². The lowest BCUT2D eigenvalue weighted by Crippen LogP contribution is -2.37. The van der Waals surface area contributed by atoms with Crippen LogP contribution in [0.2, 0.25) is 0 Å². The molecule has 0 saturated carbocycles. The molecule has 0 spiro atoms. The van der Waals surface area contributed by atoms with Gasteiger partial charge in [-0.3, -0.25) is 0 Å². The highest BCUT2D eigenvalue weighted by atomic mass is 32.1. The molecule has 1 aromatic heterocycles. The predicted molar refractivity (Wildman–Crippen MR) is 56.9 cm³/mol. The quantitative estimate of drug-likeness (QED) is 0.723. The minimum atomic E-state index is -0.169. The first kappa shape index (κ1) is 10.4. The van der Waals surface area contributed by atoms with Crippen LogP contribution >= 0.6 is 11.5 Å². The molecule has 0 radical (unpaired) electrons. The van der Waals surface area contributed by atoms with Gasteiger partial charge in [0.05, 0.1) is 6.61 Å². The van der Waals surface area contributed by atoms with Gasteiger partial charge in [-0.15, -0.1) is 0 Å². The minimum absolute atomic E-state index is 0.148. The van der Waals surface area contributed by atoms with Crippen molar-refractivity contribution in [2.75, 3.05) is 18.1 Å². The lowest BCUT2D eigenvalue weighted by atomic mass is 10.2. The molecule has 82 valence electrons. The highest BCUT2D eigenvalue weighted by Gasteiger charge is 2.33. The van der Waals surface area contributed by atoms with Crippen LogP contribution in [0.4, 0.5) is 5.13 Å². The highest BCUT2D eigenvalue weighted by molar-refractivity contribution is 7.09. The van der Waals surface area contributed by atoms with Gasteiger partial charge in [-0.2, -0.15) is 4.37 Å². The molecular formula is C9H13N3O2S. The number of aromatic nitrogens is 2. The van der Waals surface area contributed by atoms with Crippen LogP contribution in [-0.2, 0) is 9.53 Å². The van der Waals surface area contributed by atoms with Gasteiger partial charge in [-0.1, -0.05) is 0 Å². The number of ether oxygens (including phenoxy) is 1. The van der Waals surface area contributed by atoms with Gasteiger partial charge in [0.1, 0.15) is 12.4 Å². The molecule has 2 heterocycles. The fourth-order valence-corrected chi connectivity index (χ4v) is 2.38. The summed E-state index contributed by atoms with van der Waals surface area (Å²) in [5, 5.41) is 0.811. The Morgan fingerprint density at radius 2 is 2.67 bits per heavy atom. The van der Waals surface area contributed by atoms with Gasteiger partial charge in [0, 0.05) is 18.1 Å². The topological polar surface area (TPSA) is 55.3 Å². The van der Waals surface area contributed by atoms with Crippen LogP contribution in [0.5, 0.6) is 0 Å². The van der Waals surface area contributed by atoms with Gasteiger partial charge < -0.3 is 9.64 Å². The third-order valence-corrected chi connectivity index (χ3v) is 3.11. The summed E-state index contributed by atoms with van der Waals surface area (Å²) in [6.45, 7) is 3.11. The van der Waals surface area contributed by atoms with E-state index in [1.807, 2.05) is 11.8 Å². The average Bonchev–Trinajstić information content (AvgIpc) is 2.88. The molecule has 0 aromatic carbocycles. The second-order valence-corrected chi connectivity index (χ2v) is 4.09. The molecule has 1 aromatic rings. The number of nitrogens with zero attached hydrogens (tertiary/aromatic N) is 3. The summed E-state index contributed by atoms with van der Waals surface area (Å²) >= 11 is 1.32. The van der Waals surface area contributed by atoms with Crippen molar-refractivity contribution in [2.24, 2.45) is 0 Å². The Balaban J connectivity index is 2.08. The molecule has 1 unspecified atom stereocenters. The van der Waals surface area contributed by atoms with Gasteiger partial charge in [0.15, 0.2) is 0 Å². The summed E-state index contributed by atoms with van der Waals surface area (Å²) in [6, 6.07) is -0.169. The molecule has 1 aliphatic rings. The zero-order valence-electron chi connectivity index (χ0n) is 8.55. The summed E-state index contributed by atoms with van der Waals surface area (Å²) in [6.07, 6.45) is 3.36. The average molecular weight is 227 g/mol. The van der Waals surface area contributed by atoms with E-state index in [4.69, 9.17) is 4.74 Å². The smallest absolute Gasteiger partial charge is 0.328 e. The van der Waals surface area contributed by atoms with Gasteiger partial charge in [-0.05, 0) is 19.8 Å². The van der Waals surface area contributed by atoms with E-state index < -0.39 is 0 Å². The zero-order chi connectivity index (χ0) is 10.7. The molecule has 1 saturated heterocycles. The Labute approximate surface area is 92.2 Å². The van der Waals surface area contributed by atoms with Crippen molar-refractivity contribution in [1.29, 1.82) is 0 Å². The first-order chi connectivity index (χ1) is 7.33. The summed E-state index contributed by atoms with van der Waals surface area (Å²) in [7, 11) is 0. The lowest BCUT2D eigenvalue weighted by Gasteiger charge is -2.21. The molecule has 6 heteroatoms. The Morgan fingerprint density at radius 3 is 3.33 bits per heavy atom. The molecule has 2 rings (SSSR count). The molecular weight excluding hydrogens is 214 g/mol. The second kappa shape index (κ2) is 4.57. The van der Waals surface area contributed by atoms with Crippen LogP contribution in [0.25, 0.3) is 0 Å². The largest absolute Gasteiger partial charge is 0.464 e. The molecule has 0 N–H and O–H groups in total. The Morgan fingerprint density at radius 1 is 1.80 bits per heavy atom. The van der Waals surface area contributed by atoms with Gasteiger partial charge in [-0.25, -0.2) is 9.78 Å². The van der Waals surface area contributed by atoms with Crippen molar-refractivity contribution in [3.63, 3.8) is 0 Å². The van der Waals surface area contributed by atoms with E-state index >= 15 is 0 Å². The zero-order valence-corrected chi connectivity index (χ0v) is 9.37. The van der Waals surface area contributed by atoms with E-state index in [1.54, 1.807) is 0 Å². The van der Waals surface area contributed by atoms with Crippen molar-refractivity contribution in [3.05, 3.63) is 6.33 Å². The summed E-state index contributed by atoms with van der Waals surface area (Å²) in [5.74, 6) is -0.148. The van der Waals surface area contributed by atoms with Crippen molar-refractivity contribution in [2.45, 2.75) is 25.8 Å². The fraction of sp³-hybridized carbons (Fsp3) is 0.667. The third kappa shape index (κ3) is 2.09. The molecule has 0 aliphatic carbocycles. The molecule has 1 aliphatic heterocycles. The number of carbonyl (C=O) groups is 1. The van der Waals surface area contributed by atoms with Crippen molar-refractivity contribution in [3.8, 4) is 0 Å². The van der Waals surface area contributed by atoms with Gasteiger partial charge in [0.2, 0.25) is 5.13 Å². The fourth-order valence-electron chi connectivity index (χ4n) is 1.77. The van der Waals surface area contributed by atoms with Crippen LogP contribution in [-0.4, -0.2) is 34.5 Å². The lowest BCUT2D eigenvalue weighted by molar-refractivity contribution is -0.144. The maximum absolute atomic E-state index is 11.6. The summed E-state index contributed by atoms with van der Waals surface area (Å²) < 4.78 is 8.97. The van der Waals surface area contributed by atoms with Crippen LogP contribution in [0, 0.1) is 0 Å². The van der Waals surface area contributed by atoms with Crippen LogP contribution in [0.1, 0.15) is 19.8 Å². The number of rotatable bonds is 3. The number of hydrogen-bond acceptors (Lipinski definition) is 6. The monoisotopic (exact) mass is 227 g/mol. The first-order valence-electron chi connectivity index (χ1n) is 5.03. The van der Waals surface area contributed by atoms with Crippen LogP contribution in [0.15, 0.2) is 6.33 Å². The van der Waals surface area contributed by atoms with Crippen LogP contribution in [0.3, 0.4) is 0 Å². The van der Waals surface area contributed by atoms with E-state index in [1.165, 1.54) is 17.9 Å². The Bertz CT molecular complexity index is 328. The summed E-state index contributed by atoms with van der Waals surface area (Å²) in [4.78, 5) is 17.7. The number of esters is 1. The Kier molecular flexibility index (Phi) is 3.15. The standard InChI is InChI=1S/C9H13N3O2S/c1-2-14-8(13)7-4-3-5-12(7)9-10-6-11-15-9/h6-7H,2-5H2,1H3. The number of carbonyl (C=O) groups excluding carboxylic acids is 1. The normalized spacial score (nSPS) is 20.6. The van der Waals surface area contributed by atoms with Gasteiger partial charge in [0.25, 0.3) is 0 Å². The van der Waals surface area contributed by atoms with Gasteiger partial charge >= 0.3 is 5.97 Å². The van der Waals surface area contributed by atoms with Crippen molar-refractivity contribution in [1.82, 2.24) is 9.36 Å². The molecule has 1 atom stereocenters. The van der Waals surface area contributed by atoms with E-state index in [9.17, 15) is 4.79 Å². The maximum Gasteiger partial charge on any atom is 0.328 e. The predicted octanol–water partition coefficient (Wildman–Crippen LogP) is 1.07. The maximum atomic E-state index is 11.6. The summed E-state index contributed by atoms with van der Waals surface area (Å²) in [5.41, 5.74) is 0. The first-order valence-corrected chi connectivity index (χ1v) is 5.80. The Hall–Kier alpha value is -1.17. The number of anilines is 1. The molecule has 5 nitrogen and oxygen atoms in total. The van der Waals surface area contributed by atoms with E-state index in [0.717, 1.165) is 24.5 Å². The third-order valence-electron chi connectivity index (χ3n) is 2.41. The van der Waals surface area contributed by atoms with Crippen molar-refractivity contribution < 1.29 is 9.53 Å². The second-order valence-electron chi connectivity index (χ2n) is 3.33. The van der Waals surface area contributed by atoms with E-state index in [2.05, 4.69) is 9.36 Å². The highest BCUT2D eigenvalue weighted by Crippen LogP contribution is 2.26.